The molecule has 0 unspecified atom stereocenters. The monoisotopic (exact) mass is 364 g/mol. The number of nitro groups is 1. The number of hydrazone groups is 1. The third-order valence-electron chi connectivity index (χ3n) is 2.95. The number of benzene rings is 2. The van der Waals surface area contributed by atoms with E-state index in [1.54, 1.807) is 43.3 Å². The van der Waals surface area contributed by atoms with E-state index in [2.05, 4.69) is 10.5 Å². The Morgan fingerprint density at radius 2 is 1.96 bits per heavy atom. The molecule has 0 saturated heterocycles. The van der Waals surface area contributed by atoms with E-state index in [0.717, 1.165) is 4.90 Å². The minimum atomic E-state index is -0.807. The highest BCUT2D eigenvalue weighted by atomic mass is 35.5. The van der Waals surface area contributed by atoms with Gasteiger partial charge in [-0.1, -0.05) is 29.4 Å². The number of halogens is 1. The lowest BCUT2D eigenvalue weighted by molar-refractivity contribution is -0.387. The number of primary amides is 1. The number of amides is 2. The van der Waals surface area contributed by atoms with Crippen LogP contribution in [0.5, 0.6) is 0 Å². The van der Waals surface area contributed by atoms with Crippen LogP contribution in [0.4, 0.5) is 10.5 Å². The van der Waals surface area contributed by atoms with Crippen molar-refractivity contribution in [1.29, 1.82) is 0 Å². The van der Waals surface area contributed by atoms with E-state index in [-0.39, 0.29) is 5.69 Å². The number of nitro benzene ring substituents is 1. The summed E-state index contributed by atoms with van der Waals surface area (Å²) < 4.78 is 0. The van der Waals surface area contributed by atoms with E-state index < -0.39 is 11.0 Å². The fourth-order valence-electron chi connectivity index (χ4n) is 1.80. The van der Waals surface area contributed by atoms with E-state index >= 15 is 0 Å². The zero-order valence-electron chi connectivity index (χ0n) is 12.5. The lowest BCUT2D eigenvalue weighted by Crippen LogP contribution is -2.25. The van der Waals surface area contributed by atoms with E-state index in [9.17, 15) is 14.9 Å². The zero-order chi connectivity index (χ0) is 17.7. The first-order valence-corrected chi connectivity index (χ1v) is 7.88. The highest BCUT2D eigenvalue weighted by Gasteiger charge is 2.17. The smallest absolute Gasteiger partial charge is 0.332 e. The molecule has 0 heterocycles. The molecular weight excluding hydrogens is 352 g/mol. The Bertz CT molecular complexity index is 809. The summed E-state index contributed by atoms with van der Waals surface area (Å²) in [5, 5.41) is 15.7. The summed E-state index contributed by atoms with van der Waals surface area (Å²) in [5.41, 5.74) is 7.89. The standard InChI is InChI=1S/C15H13ClN4O3S/c1-9(18-19-15(17)21)10-2-7-14(13(8-10)20(22)23)24-12-5-3-11(16)4-6-12/h2-8H,1H3,(H3,17,19,21)/b18-9+. The Morgan fingerprint density at radius 1 is 1.29 bits per heavy atom. The number of rotatable bonds is 5. The maximum atomic E-state index is 11.3. The Morgan fingerprint density at radius 3 is 2.54 bits per heavy atom. The van der Waals surface area contributed by atoms with Crippen molar-refractivity contribution >= 4 is 40.8 Å². The number of urea groups is 1. The lowest BCUT2D eigenvalue weighted by Gasteiger charge is -2.06. The van der Waals surface area contributed by atoms with E-state index in [1.165, 1.54) is 17.8 Å². The molecule has 24 heavy (non-hydrogen) atoms. The number of hydrogen-bond donors (Lipinski definition) is 2. The van der Waals surface area contributed by atoms with Crippen molar-refractivity contribution in [3.05, 3.63) is 63.2 Å². The molecule has 0 aromatic heterocycles. The van der Waals surface area contributed by atoms with Crippen molar-refractivity contribution < 1.29 is 9.72 Å². The second-order valence-corrected chi connectivity index (χ2v) is 6.22. The first-order valence-electron chi connectivity index (χ1n) is 6.69. The molecule has 0 aliphatic heterocycles. The highest BCUT2D eigenvalue weighted by molar-refractivity contribution is 7.99. The van der Waals surface area contributed by atoms with Crippen molar-refractivity contribution in [2.75, 3.05) is 0 Å². The van der Waals surface area contributed by atoms with Gasteiger partial charge in [-0.3, -0.25) is 10.1 Å². The molecule has 0 fully saturated rings. The van der Waals surface area contributed by atoms with Crippen molar-refractivity contribution in [2.45, 2.75) is 16.7 Å². The Hall–Kier alpha value is -2.58. The molecule has 0 atom stereocenters. The molecule has 7 nitrogen and oxygen atoms in total. The molecule has 0 bridgehead atoms. The molecule has 2 amide bonds. The van der Waals surface area contributed by atoms with Gasteiger partial charge < -0.3 is 5.73 Å². The molecule has 2 aromatic rings. The zero-order valence-corrected chi connectivity index (χ0v) is 14.1. The van der Waals surface area contributed by atoms with Gasteiger partial charge in [0.25, 0.3) is 5.69 Å². The predicted octanol–water partition coefficient (Wildman–Crippen LogP) is 3.79. The van der Waals surface area contributed by atoms with Gasteiger partial charge in [-0.2, -0.15) is 5.10 Å². The topological polar surface area (TPSA) is 111 Å². The number of carbonyl (C=O) groups is 1. The van der Waals surface area contributed by atoms with Crippen LogP contribution < -0.4 is 11.2 Å². The van der Waals surface area contributed by atoms with Gasteiger partial charge in [-0.05, 0) is 37.3 Å². The molecule has 0 aliphatic carbocycles. The molecular formula is C15H13ClN4O3S. The maximum absolute atomic E-state index is 11.3. The second kappa shape index (κ2) is 7.80. The molecule has 0 radical (unpaired) electrons. The molecule has 0 spiro atoms. The van der Waals surface area contributed by atoms with Gasteiger partial charge in [-0.15, -0.1) is 0 Å². The normalized spacial score (nSPS) is 11.2. The van der Waals surface area contributed by atoms with Gasteiger partial charge in [0.2, 0.25) is 0 Å². The summed E-state index contributed by atoms with van der Waals surface area (Å²) >= 11 is 7.09. The van der Waals surface area contributed by atoms with Crippen LogP contribution in [0, 0.1) is 10.1 Å². The minimum Gasteiger partial charge on any atom is -0.350 e. The first kappa shape index (κ1) is 17.8. The van der Waals surface area contributed by atoms with Gasteiger partial charge in [0.05, 0.1) is 15.5 Å². The predicted molar refractivity (Wildman–Crippen MR) is 93.6 cm³/mol. The summed E-state index contributed by atoms with van der Waals surface area (Å²) in [4.78, 5) is 22.9. The van der Waals surface area contributed by atoms with Gasteiger partial charge in [0.15, 0.2) is 0 Å². The SMILES string of the molecule is C/C(=N\NC(N)=O)c1ccc(Sc2ccc(Cl)cc2)c([N+](=O)[O-])c1. The summed E-state index contributed by atoms with van der Waals surface area (Å²) in [6.07, 6.45) is 0. The van der Waals surface area contributed by atoms with Crippen LogP contribution in [0.3, 0.4) is 0 Å². The van der Waals surface area contributed by atoms with Crippen molar-refractivity contribution in [3.63, 3.8) is 0 Å². The van der Waals surface area contributed by atoms with E-state index in [1.807, 2.05) is 0 Å². The molecule has 9 heteroatoms. The van der Waals surface area contributed by atoms with Crippen LogP contribution in [0.2, 0.25) is 5.02 Å². The van der Waals surface area contributed by atoms with Crippen molar-refractivity contribution in [3.8, 4) is 0 Å². The van der Waals surface area contributed by atoms with Crippen LogP contribution in [-0.2, 0) is 0 Å². The fourth-order valence-corrected chi connectivity index (χ4v) is 2.83. The lowest BCUT2D eigenvalue weighted by atomic mass is 10.1. The number of hydrogen-bond acceptors (Lipinski definition) is 5. The molecule has 2 rings (SSSR count). The number of carbonyl (C=O) groups excluding carboxylic acids is 1. The van der Waals surface area contributed by atoms with Gasteiger partial charge in [-0.25, -0.2) is 10.2 Å². The number of nitrogens with two attached hydrogens (primary N) is 1. The Balaban J connectivity index is 2.33. The minimum absolute atomic E-state index is 0.0546. The van der Waals surface area contributed by atoms with E-state index in [4.69, 9.17) is 17.3 Å². The summed E-state index contributed by atoms with van der Waals surface area (Å²) in [6, 6.07) is 10.9. The summed E-state index contributed by atoms with van der Waals surface area (Å²) in [5.74, 6) is 0. The summed E-state index contributed by atoms with van der Waals surface area (Å²) in [7, 11) is 0. The largest absolute Gasteiger partial charge is 0.350 e. The third-order valence-corrected chi connectivity index (χ3v) is 4.27. The summed E-state index contributed by atoms with van der Waals surface area (Å²) in [6.45, 7) is 1.61. The van der Waals surface area contributed by atoms with Crippen molar-refractivity contribution in [1.82, 2.24) is 5.43 Å². The van der Waals surface area contributed by atoms with Gasteiger partial charge in [0.1, 0.15) is 0 Å². The Kier molecular flexibility index (Phi) is 5.78. The van der Waals surface area contributed by atoms with Crippen LogP contribution in [0.25, 0.3) is 0 Å². The van der Waals surface area contributed by atoms with Crippen LogP contribution >= 0.6 is 23.4 Å². The third kappa shape index (κ3) is 4.71. The molecule has 124 valence electrons. The fraction of sp³-hybridized carbons (Fsp3) is 0.0667. The van der Waals surface area contributed by atoms with Gasteiger partial charge >= 0.3 is 6.03 Å². The first-order chi connectivity index (χ1) is 11.4. The van der Waals surface area contributed by atoms with E-state index in [0.29, 0.717) is 21.2 Å². The molecule has 0 aliphatic rings. The molecule has 3 N–H and O–H groups in total. The van der Waals surface area contributed by atoms with Gasteiger partial charge in [0, 0.05) is 21.5 Å². The molecule has 0 saturated carbocycles. The maximum Gasteiger partial charge on any atom is 0.332 e. The number of nitrogens with one attached hydrogen (secondary N) is 1. The second-order valence-electron chi connectivity index (χ2n) is 4.67. The highest BCUT2D eigenvalue weighted by Crippen LogP contribution is 2.35. The van der Waals surface area contributed by atoms with Crippen LogP contribution in [0.15, 0.2) is 57.4 Å². The number of nitrogens with zero attached hydrogens (tertiary/aromatic N) is 2. The van der Waals surface area contributed by atoms with Crippen LogP contribution in [0.1, 0.15) is 12.5 Å². The average molecular weight is 365 g/mol. The van der Waals surface area contributed by atoms with Crippen LogP contribution in [-0.4, -0.2) is 16.7 Å². The quantitative estimate of drug-likeness (QED) is 0.477. The van der Waals surface area contributed by atoms with Crippen molar-refractivity contribution in [2.24, 2.45) is 10.8 Å². The Labute approximate surface area is 147 Å². The molecule has 2 aromatic carbocycles. The average Bonchev–Trinajstić information content (AvgIpc) is 2.54.